The van der Waals surface area contributed by atoms with Gasteiger partial charge in [-0.15, -0.1) is 0 Å². The van der Waals surface area contributed by atoms with Crippen molar-refractivity contribution < 1.29 is 19.4 Å². The number of allylic oxidation sites excluding steroid dienone is 3. The molecule has 0 radical (unpaired) electrons. The zero-order valence-electron chi connectivity index (χ0n) is 13.3. The van der Waals surface area contributed by atoms with Gasteiger partial charge >= 0.3 is 6.09 Å². The van der Waals surface area contributed by atoms with E-state index in [0.717, 1.165) is 0 Å². The van der Waals surface area contributed by atoms with E-state index in [9.17, 15) is 14.7 Å². The molecule has 2 amide bonds. The second-order valence-corrected chi connectivity index (χ2v) is 6.99. The maximum atomic E-state index is 12.3. The third-order valence-electron chi connectivity index (χ3n) is 3.99. The second-order valence-electron chi connectivity index (χ2n) is 6.99. The fourth-order valence-corrected chi connectivity index (χ4v) is 2.93. The molecule has 0 aromatic heterocycles. The number of aliphatic hydroxyl groups is 1. The van der Waals surface area contributed by atoms with Crippen molar-refractivity contribution in [2.75, 3.05) is 6.54 Å². The van der Waals surface area contributed by atoms with Gasteiger partial charge in [0.2, 0.25) is 5.91 Å². The van der Waals surface area contributed by atoms with Crippen LogP contribution in [0.2, 0.25) is 0 Å². The van der Waals surface area contributed by atoms with Crippen molar-refractivity contribution in [3.63, 3.8) is 0 Å². The number of carbonyl (C=O) groups excluding carboxylic acids is 2. The summed E-state index contributed by atoms with van der Waals surface area (Å²) in [5.41, 5.74) is 3.57. The van der Waals surface area contributed by atoms with Gasteiger partial charge in [-0.1, -0.05) is 24.3 Å². The first-order chi connectivity index (χ1) is 10.1. The molecular formula is C16H24N2O4. The highest BCUT2D eigenvalue weighted by atomic mass is 16.6. The number of primary amides is 1. The molecule has 1 unspecified atom stereocenters. The number of carbonyl (C=O) groups is 2. The van der Waals surface area contributed by atoms with Crippen molar-refractivity contribution in [3.8, 4) is 0 Å². The first-order valence-electron chi connectivity index (χ1n) is 7.47. The molecule has 0 bridgehead atoms. The molecule has 0 saturated carbocycles. The van der Waals surface area contributed by atoms with Crippen molar-refractivity contribution >= 4 is 12.0 Å². The third kappa shape index (κ3) is 3.50. The van der Waals surface area contributed by atoms with Crippen LogP contribution in [-0.4, -0.2) is 45.8 Å². The Morgan fingerprint density at radius 3 is 2.55 bits per heavy atom. The van der Waals surface area contributed by atoms with Gasteiger partial charge in [-0.25, -0.2) is 4.79 Å². The smallest absolute Gasteiger partial charge is 0.411 e. The second kappa shape index (κ2) is 5.76. The number of nitrogens with zero attached hydrogens (tertiary/aromatic N) is 1. The van der Waals surface area contributed by atoms with Crippen LogP contribution in [0.5, 0.6) is 0 Å². The van der Waals surface area contributed by atoms with Crippen molar-refractivity contribution in [3.05, 3.63) is 24.3 Å². The van der Waals surface area contributed by atoms with E-state index in [1.165, 1.54) is 4.90 Å². The molecule has 0 aromatic rings. The fourth-order valence-electron chi connectivity index (χ4n) is 2.93. The predicted molar refractivity (Wildman–Crippen MR) is 81.9 cm³/mol. The highest BCUT2D eigenvalue weighted by molar-refractivity contribution is 5.85. The maximum absolute atomic E-state index is 12.3. The van der Waals surface area contributed by atoms with E-state index in [1.54, 1.807) is 20.8 Å². The lowest BCUT2D eigenvalue weighted by Gasteiger charge is -2.31. The van der Waals surface area contributed by atoms with Gasteiger partial charge in [-0.3, -0.25) is 9.69 Å². The molecule has 1 heterocycles. The maximum Gasteiger partial charge on any atom is 0.411 e. The minimum absolute atomic E-state index is 0.0400. The van der Waals surface area contributed by atoms with Gasteiger partial charge in [-0.2, -0.15) is 0 Å². The number of likely N-dealkylation sites (tertiary alicyclic amines) is 1. The summed E-state index contributed by atoms with van der Waals surface area (Å²) in [6, 6.07) is -0.848. The Morgan fingerprint density at radius 1 is 1.36 bits per heavy atom. The number of hydrogen-bond acceptors (Lipinski definition) is 4. The molecular weight excluding hydrogens is 284 g/mol. The molecule has 2 aliphatic rings. The lowest BCUT2D eigenvalue weighted by molar-refractivity contribution is -0.122. The number of ether oxygens (including phenoxy) is 1. The molecule has 1 fully saturated rings. The third-order valence-corrected chi connectivity index (χ3v) is 3.99. The SMILES string of the molecule is CC(C)(C)OC(=O)N1C[C@](O)(C2C=CC=CC2)C[C@H]1C(N)=O. The Bertz CT molecular complexity index is 521. The summed E-state index contributed by atoms with van der Waals surface area (Å²) in [5.74, 6) is -0.774. The molecule has 6 heteroatoms. The number of nitrogens with two attached hydrogens (primary N) is 1. The van der Waals surface area contributed by atoms with Gasteiger partial charge in [0.15, 0.2) is 0 Å². The Kier molecular flexibility index (Phi) is 4.33. The van der Waals surface area contributed by atoms with Crippen LogP contribution in [0.25, 0.3) is 0 Å². The Morgan fingerprint density at radius 2 is 2.05 bits per heavy atom. The van der Waals surface area contributed by atoms with Crippen molar-refractivity contribution in [2.24, 2.45) is 11.7 Å². The van der Waals surface area contributed by atoms with E-state index in [2.05, 4.69) is 0 Å². The monoisotopic (exact) mass is 308 g/mol. The van der Waals surface area contributed by atoms with Gasteiger partial charge in [0, 0.05) is 12.3 Å². The molecule has 3 atom stereocenters. The highest BCUT2D eigenvalue weighted by Crippen LogP contribution is 2.37. The Labute approximate surface area is 130 Å². The zero-order valence-corrected chi connectivity index (χ0v) is 13.3. The molecule has 2 rings (SSSR count). The van der Waals surface area contributed by atoms with Crippen LogP contribution in [0.1, 0.15) is 33.6 Å². The average Bonchev–Trinajstić information content (AvgIpc) is 2.78. The summed E-state index contributed by atoms with van der Waals surface area (Å²) in [6.45, 7) is 5.29. The number of amides is 2. The molecule has 1 aliphatic carbocycles. The summed E-state index contributed by atoms with van der Waals surface area (Å²) >= 11 is 0. The number of β-amino-alcohol motifs (C(OH)–C–C–N with tert-alkyl or cyclic N) is 1. The van der Waals surface area contributed by atoms with Gasteiger partial charge in [0.05, 0.1) is 12.1 Å². The summed E-state index contributed by atoms with van der Waals surface area (Å²) in [4.78, 5) is 25.2. The van der Waals surface area contributed by atoms with Crippen molar-refractivity contribution in [1.29, 1.82) is 0 Å². The first kappa shape index (κ1) is 16.5. The van der Waals surface area contributed by atoms with E-state index < -0.39 is 29.2 Å². The number of rotatable bonds is 2. The topological polar surface area (TPSA) is 92.9 Å². The molecule has 3 N–H and O–H groups in total. The van der Waals surface area contributed by atoms with Crippen molar-refractivity contribution in [1.82, 2.24) is 4.90 Å². The molecule has 0 spiro atoms. The Balaban J connectivity index is 2.19. The minimum atomic E-state index is -1.17. The fraction of sp³-hybridized carbons (Fsp3) is 0.625. The zero-order chi connectivity index (χ0) is 16.5. The largest absolute Gasteiger partial charge is 0.444 e. The Hall–Kier alpha value is -1.82. The van der Waals surface area contributed by atoms with E-state index >= 15 is 0 Å². The van der Waals surface area contributed by atoms with Gasteiger partial charge in [0.1, 0.15) is 11.6 Å². The summed E-state index contributed by atoms with van der Waals surface area (Å²) in [7, 11) is 0. The van der Waals surface area contributed by atoms with Crippen LogP contribution in [0.4, 0.5) is 4.79 Å². The van der Waals surface area contributed by atoms with E-state index in [1.807, 2.05) is 24.3 Å². The summed E-state index contributed by atoms with van der Waals surface area (Å²) in [5, 5.41) is 10.9. The van der Waals surface area contributed by atoms with E-state index in [4.69, 9.17) is 10.5 Å². The molecule has 1 saturated heterocycles. The van der Waals surface area contributed by atoms with E-state index in [-0.39, 0.29) is 18.9 Å². The summed E-state index contributed by atoms with van der Waals surface area (Å²) < 4.78 is 5.32. The van der Waals surface area contributed by atoms with Crippen LogP contribution in [-0.2, 0) is 9.53 Å². The standard InChI is InChI=1S/C16H24N2O4/c1-15(2,3)22-14(20)18-10-16(21,9-12(18)13(17)19)11-7-5-4-6-8-11/h4-7,11-12,21H,8-10H2,1-3H3,(H2,17,19)/t11?,12-,16-/m0/s1. The minimum Gasteiger partial charge on any atom is -0.444 e. The predicted octanol–water partition coefficient (Wildman–Crippen LogP) is 1.34. The normalized spacial score (nSPS) is 31.4. The quantitative estimate of drug-likeness (QED) is 0.805. The van der Waals surface area contributed by atoms with Crippen molar-refractivity contribution in [2.45, 2.75) is 50.9 Å². The van der Waals surface area contributed by atoms with Crippen LogP contribution >= 0.6 is 0 Å². The number of hydrogen-bond donors (Lipinski definition) is 2. The highest BCUT2D eigenvalue weighted by Gasteiger charge is 2.51. The lowest BCUT2D eigenvalue weighted by atomic mass is 9.81. The molecule has 6 nitrogen and oxygen atoms in total. The van der Waals surface area contributed by atoms with Gasteiger partial charge in [-0.05, 0) is 27.2 Å². The molecule has 122 valence electrons. The molecule has 22 heavy (non-hydrogen) atoms. The summed E-state index contributed by atoms with van der Waals surface area (Å²) in [6.07, 6.45) is 7.80. The van der Waals surface area contributed by atoms with Crippen LogP contribution in [0.15, 0.2) is 24.3 Å². The molecule has 0 aromatic carbocycles. The average molecular weight is 308 g/mol. The van der Waals surface area contributed by atoms with Crippen LogP contribution in [0.3, 0.4) is 0 Å². The van der Waals surface area contributed by atoms with Crippen LogP contribution < -0.4 is 5.73 Å². The van der Waals surface area contributed by atoms with Gasteiger partial charge in [0.25, 0.3) is 0 Å². The van der Waals surface area contributed by atoms with Crippen LogP contribution in [0, 0.1) is 5.92 Å². The molecule has 1 aliphatic heterocycles. The first-order valence-corrected chi connectivity index (χ1v) is 7.47. The van der Waals surface area contributed by atoms with Gasteiger partial charge < -0.3 is 15.6 Å². The lowest BCUT2D eigenvalue weighted by Crippen LogP contribution is -2.46. The van der Waals surface area contributed by atoms with E-state index in [0.29, 0.717) is 6.42 Å².